The number of rotatable bonds is 3. The van der Waals surface area contributed by atoms with Crippen molar-refractivity contribution in [2.45, 2.75) is 26.1 Å². The van der Waals surface area contributed by atoms with Gasteiger partial charge in [-0.1, -0.05) is 6.92 Å². The number of hydrogen-bond acceptors (Lipinski definition) is 5. The smallest absolute Gasteiger partial charge is 0.369 e. The van der Waals surface area contributed by atoms with E-state index in [0.29, 0.717) is 0 Å². The lowest BCUT2D eigenvalue weighted by Crippen LogP contribution is -2.32. The molecule has 11 heteroatoms. The third kappa shape index (κ3) is 4.97. The zero-order chi connectivity index (χ0) is 17.1. The Morgan fingerprint density at radius 1 is 1.00 bits per heavy atom. The van der Waals surface area contributed by atoms with E-state index in [1.54, 1.807) is 0 Å². The van der Waals surface area contributed by atoms with E-state index in [9.17, 15) is 35.9 Å². The second-order valence-corrected chi connectivity index (χ2v) is 4.00. The van der Waals surface area contributed by atoms with Gasteiger partial charge >= 0.3 is 24.7 Å². The Bertz CT molecular complexity index is 476. The molecule has 0 fully saturated rings. The monoisotopic (exact) mass is 333 g/mol. The highest BCUT2D eigenvalue weighted by atomic mass is 19.4. The van der Waals surface area contributed by atoms with Gasteiger partial charge in [0.05, 0.1) is 11.1 Å². The number of dihydropyridines is 1. The van der Waals surface area contributed by atoms with Crippen LogP contribution >= 0.6 is 0 Å². The maximum atomic E-state index is 12.0. The molecule has 0 aromatic heterocycles. The van der Waals surface area contributed by atoms with Gasteiger partial charge in [0, 0.05) is 18.3 Å². The first-order valence-corrected chi connectivity index (χ1v) is 5.71. The van der Waals surface area contributed by atoms with Crippen LogP contribution in [-0.2, 0) is 19.1 Å². The Kier molecular flexibility index (Phi) is 5.09. The SMILES string of the molecule is CCC1C(C(=O)OC(F)(F)F)=CNC=C1C(=O)OC(F)(F)F. The molecule has 0 bridgehead atoms. The van der Waals surface area contributed by atoms with Crippen molar-refractivity contribution in [2.24, 2.45) is 5.92 Å². The summed E-state index contributed by atoms with van der Waals surface area (Å²) in [4.78, 5) is 22.8. The van der Waals surface area contributed by atoms with Crippen LogP contribution in [0.2, 0.25) is 0 Å². The van der Waals surface area contributed by atoms with E-state index in [4.69, 9.17) is 0 Å². The van der Waals surface area contributed by atoms with Crippen LogP contribution in [0.15, 0.2) is 23.5 Å². The number of esters is 2. The van der Waals surface area contributed by atoms with Gasteiger partial charge in [-0.2, -0.15) is 0 Å². The summed E-state index contributed by atoms with van der Waals surface area (Å²) in [6.45, 7) is 1.36. The second-order valence-electron chi connectivity index (χ2n) is 4.00. The van der Waals surface area contributed by atoms with E-state index in [1.807, 2.05) is 0 Å². The van der Waals surface area contributed by atoms with Crippen LogP contribution in [0.4, 0.5) is 26.3 Å². The molecule has 22 heavy (non-hydrogen) atoms. The van der Waals surface area contributed by atoms with Crippen molar-refractivity contribution in [3.05, 3.63) is 23.5 Å². The first-order chi connectivity index (χ1) is 9.94. The first-order valence-electron chi connectivity index (χ1n) is 5.71. The van der Waals surface area contributed by atoms with Gasteiger partial charge in [-0.15, -0.1) is 26.3 Å². The van der Waals surface area contributed by atoms with E-state index in [1.165, 1.54) is 6.92 Å². The van der Waals surface area contributed by atoms with Crippen LogP contribution in [0.1, 0.15) is 13.3 Å². The molecule has 0 aromatic carbocycles. The van der Waals surface area contributed by atoms with E-state index in [-0.39, 0.29) is 6.42 Å². The highest BCUT2D eigenvalue weighted by Gasteiger charge is 2.41. The molecule has 0 unspecified atom stereocenters. The number of alkyl halides is 6. The Balaban J connectivity index is 2.95. The fourth-order valence-corrected chi connectivity index (χ4v) is 1.76. The largest absolute Gasteiger partial charge is 0.575 e. The molecule has 0 radical (unpaired) electrons. The van der Waals surface area contributed by atoms with Crippen molar-refractivity contribution in [3.8, 4) is 0 Å². The molecular formula is C11H9F6NO4. The van der Waals surface area contributed by atoms with Crippen molar-refractivity contribution >= 4 is 11.9 Å². The molecule has 0 aliphatic carbocycles. The highest BCUT2D eigenvalue weighted by molar-refractivity contribution is 5.96. The van der Waals surface area contributed by atoms with Crippen molar-refractivity contribution in [1.82, 2.24) is 5.32 Å². The summed E-state index contributed by atoms with van der Waals surface area (Å²) in [6.07, 6.45) is -9.02. The maximum absolute atomic E-state index is 12.0. The van der Waals surface area contributed by atoms with E-state index in [2.05, 4.69) is 14.8 Å². The normalized spacial score (nSPS) is 16.3. The van der Waals surface area contributed by atoms with Crippen LogP contribution in [0.5, 0.6) is 0 Å². The van der Waals surface area contributed by atoms with Gasteiger partial charge in [0.1, 0.15) is 0 Å². The van der Waals surface area contributed by atoms with Crippen molar-refractivity contribution < 1.29 is 45.4 Å². The van der Waals surface area contributed by atoms with Gasteiger partial charge in [0.2, 0.25) is 0 Å². The number of nitrogens with one attached hydrogen (secondary N) is 1. The van der Waals surface area contributed by atoms with Crippen molar-refractivity contribution in [2.75, 3.05) is 0 Å². The number of halogens is 6. The average Bonchev–Trinajstić information content (AvgIpc) is 2.33. The van der Waals surface area contributed by atoms with E-state index in [0.717, 1.165) is 12.4 Å². The molecule has 1 N–H and O–H groups in total. The molecule has 0 saturated heterocycles. The molecule has 1 heterocycles. The number of hydrogen-bond donors (Lipinski definition) is 1. The van der Waals surface area contributed by atoms with Gasteiger partial charge in [-0.3, -0.25) is 0 Å². The van der Waals surface area contributed by atoms with Gasteiger partial charge in [0.25, 0.3) is 0 Å². The second kappa shape index (κ2) is 6.28. The molecule has 5 nitrogen and oxygen atoms in total. The number of carbonyl (C=O) groups is 2. The van der Waals surface area contributed by atoms with Crippen LogP contribution in [0.25, 0.3) is 0 Å². The average molecular weight is 333 g/mol. The molecule has 1 rings (SSSR count). The van der Waals surface area contributed by atoms with Crippen molar-refractivity contribution in [3.63, 3.8) is 0 Å². The topological polar surface area (TPSA) is 64.6 Å². The van der Waals surface area contributed by atoms with E-state index < -0.39 is 41.7 Å². The fourth-order valence-electron chi connectivity index (χ4n) is 1.76. The van der Waals surface area contributed by atoms with Gasteiger partial charge < -0.3 is 14.8 Å². The molecule has 0 atom stereocenters. The highest BCUT2D eigenvalue weighted by Crippen LogP contribution is 2.31. The van der Waals surface area contributed by atoms with Gasteiger partial charge in [0.15, 0.2) is 0 Å². The molecule has 1 aliphatic heterocycles. The lowest BCUT2D eigenvalue weighted by Gasteiger charge is -2.24. The number of carbonyl (C=O) groups excluding carboxylic acids is 2. The summed E-state index contributed by atoms with van der Waals surface area (Å²) in [5, 5.41) is 2.12. The van der Waals surface area contributed by atoms with Crippen LogP contribution < -0.4 is 5.32 Å². The van der Waals surface area contributed by atoms with Crippen LogP contribution in [0.3, 0.4) is 0 Å². The minimum absolute atomic E-state index is 0.126. The Labute approximate surface area is 119 Å². The van der Waals surface area contributed by atoms with Crippen LogP contribution in [0, 0.1) is 5.92 Å². The maximum Gasteiger partial charge on any atom is 0.575 e. The zero-order valence-electron chi connectivity index (χ0n) is 10.8. The predicted octanol–water partition coefficient (Wildman–Crippen LogP) is 2.51. The molecule has 0 spiro atoms. The third-order valence-electron chi connectivity index (χ3n) is 2.53. The zero-order valence-corrected chi connectivity index (χ0v) is 10.8. The lowest BCUT2D eigenvalue weighted by atomic mass is 9.88. The Hall–Kier alpha value is -2.20. The minimum atomic E-state index is -5.26. The summed E-state index contributed by atoms with van der Waals surface area (Å²) < 4.78 is 78.5. The summed E-state index contributed by atoms with van der Waals surface area (Å²) in [5.41, 5.74) is -1.28. The Morgan fingerprint density at radius 2 is 1.36 bits per heavy atom. The minimum Gasteiger partial charge on any atom is -0.369 e. The Morgan fingerprint density at radius 3 is 1.64 bits per heavy atom. The predicted molar refractivity (Wildman–Crippen MR) is 57.4 cm³/mol. The van der Waals surface area contributed by atoms with E-state index >= 15 is 0 Å². The number of ether oxygens (including phenoxy) is 2. The quantitative estimate of drug-likeness (QED) is 0.635. The van der Waals surface area contributed by atoms with Crippen LogP contribution in [-0.4, -0.2) is 24.7 Å². The molecular weight excluding hydrogens is 324 g/mol. The summed E-state index contributed by atoms with van der Waals surface area (Å²) >= 11 is 0. The third-order valence-corrected chi connectivity index (χ3v) is 2.53. The summed E-state index contributed by atoms with van der Waals surface area (Å²) in [7, 11) is 0. The van der Waals surface area contributed by atoms with Gasteiger partial charge in [-0.05, 0) is 6.42 Å². The first kappa shape index (κ1) is 17.9. The lowest BCUT2D eigenvalue weighted by molar-refractivity contribution is -0.304. The molecule has 1 aliphatic rings. The molecule has 0 saturated carbocycles. The summed E-state index contributed by atoms with van der Waals surface area (Å²) in [6, 6.07) is 0. The van der Waals surface area contributed by atoms with Crippen molar-refractivity contribution in [1.29, 1.82) is 0 Å². The summed E-state index contributed by atoms with van der Waals surface area (Å²) in [5.74, 6) is -4.97. The standard InChI is InChI=1S/C11H9F6NO4/c1-2-5-6(8(19)21-10(12,13)14)3-18-4-7(5)9(20)22-11(15,16)17/h3-5,18H,2H2,1H3. The molecule has 0 aromatic rings. The molecule has 0 amide bonds. The fraction of sp³-hybridized carbons (Fsp3) is 0.455. The molecule has 124 valence electrons. The van der Waals surface area contributed by atoms with Gasteiger partial charge in [-0.25, -0.2) is 9.59 Å².